The lowest BCUT2D eigenvalue weighted by atomic mass is 10.0. The summed E-state index contributed by atoms with van der Waals surface area (Å²) in [6, 6.07) is 9.01. The summed E-state index contributed by atoms with van der Waals surface area (Å²) >= 11 is 6.02. The third-order valence-electron chi connectivity index (χ3n) is 4.93. The monoisotopic (exact) mass is 408 g/mol. The number of ether oxygens (including phenoxy) is 1. The Kier molecular flexibility index (Phi) is 5.70. The van der Waals surface area contributed by atoms with Gasteiger partial charge in [0.05, 0.1) is 7.11 Å². The third-order valence-corrected chi connectivity index (χ3v) is 7.09. The fourth-order valence-electron chi connectivity index (χ4n) is 3.81. The lowest BCUT2D eigenvalue weighted by molar-refractivity contribution is 0.374. The highest BCUT2D eigenvalue weighted by Gasteiger charge is 2.31. The minimum atomic E-state index is -3.66. The number of hydrogen-bond acceptors (Lipinski definition) is 4. The van der Waals surface area contributed by atoms with Gasteiger partial charge in [0, 0.05) is 36.9 Å². The first-order chi connectivity index (χ1) is 12.7. The van der Waals surface area contributed by atoms with E-state index in [9.17, 15) is 8.42 Å². The molecule has 0 atom stereocenters. The van der Waals surface area contributed by atoms with Crippen molar-refractivity contribution in [2.45, 2.75) is 25.7 Å². The molecule has 0 unspecified atom stereocenters. The van der Waals surface area contributed by atoms with Gasteiger partial charge in [0.25, 0.3) is 0 Å². The van der Waals surface area contributed by atoms with E-state index >= 15 is 0 Å². The number of rotatable bonds is 4. The van der Waals surface area contributed by atoms with E-state index in [0.29, 0.717) is 37.0 Å². The van der Waals surface area contributed by atoms with E-state index < -0.39 is 10.0 Å². The van der Waals surface area contributed by atoms with Crippen molar-refractivity contribution < 1.29 is 13.2 Å². The molecule has 0 bridgehead atoms. The van der Waals surface area contributed by atoms with Crippen LogP contribution >= 0.6 is 11.6 Å². The maximum atomic E-state index is 13.1. The smallest absolute Gasteiger partial charge is 0.246 e. The van der Waals surface area contributed by atoms with E-state index in [1.54, 1.807) is 12.1 Å². The normalized spacial score (nSPS) is 15.8. The summed E-state index contributed by atoms with van der Waals surface area (Å²) in [7, 11) is -2.20. The number of benzene rings is 2. The number of methoxy groups -OCH3 is 1. The predicted molar refractivity (Wildman–Crippen MR) is 110 cm³/mol. The summed E-state index contributed by atoms with van der Waals surface area (Å²) in [5.74, 6) is 0.312. The maximum absolute atomic E-state index is 13.1. The Morgan fingerprint density at radius 1 is 0.963 bits per heavy atom. The first kappa shape index (κ1) is 20.0. The zero-order valence-corrected chi connectivity index (χ0v) is 17.7. The van der Waals surface area contributed by atoms with Crippen molar-refractivity contribution in [3.8, 4) is 5.75 Å². The molecule has 0 aromatic heterocycles. The number of piperazine rings is 1. The molecule has 2 aromatic carbocycles. The highest BCUT2D eigenvalue weighted by atomic mass is 35.5. The molecular weight excluding hydrogens is 384 g/mol. The molecule has 2 aromatic rings. The topological polar surface area (TPSA) is 49.9 Å². The largest absolute Gasteiger partial charge is 0.495 e. The molecule has 1 heterocycles. The molecule has 1 aliphatic rings. The Morgan fingerprint density at radius 2 is 1.56 bits per heavy atom. The van der Waals surface area contributed by atoms with Gasteiger partial charge in [-0.2, -0.15) is 4.31 Å². The molecule has 0 saturated carbocycles. The molecule has 0 aliphatic carbocycles. The fourth-order valence-corrected chi connectivity index (χ4v) is 5.65. The van der Waals surface area contributed by atoms with E-state index in [0.717, 1.165) is 0 Å². The summed E-state index contributed by atoms with van der Waals surface area (Å²) in [5, 5.41) is 0.374. The second-order valence-electron chi connectivity index (χ2n) is 6.93. The van der Waals surface area contributed by atoms with Gasteiger partial charge in [-0.3, -0.25) is 0 Å². The minimum absolute atomic E-state index is 0.119. The van der Waals surface area contributed by atoms with Crippen LogP contribution in [0.1, 0.15) is 16.7 Å². The van der Waals surface area contributed by atoms with Crippen molar-refractivity contribution >= 4 is 27.3 Å². The molecule has 5 nitrogen and oxygen atoms in total. The summed E-state index contributed by atoms with van der Waals surface area (Å²) in [4.78, 5) is 2.39. The van der Waals surface area contributed by atoms with Gasteiger partial charge in [-0.1, -0.05) is 29.3 Å². The van der Waals surface area contributed by atoms with Crippen molar-refractivity contribution in [3.05, 3.63) is 52.0 Å². The first-order valence-electron chi connectivity index (χ1n) is 8.90. The SMILES string of the molecule is COc1ccc(Cl)cc1S(=O)(=O)N1CCN(c2c(C)cc(C)cc2C)CC1. The first-order valence-corrected chi connectivity index (χ1v) is 10.7. The molecule has 0 N–H and O–H groups in total. The fraction of sp³-hybridized carbons (Fsp3) is 0.400. The van der Waals surface area contributed by atoms with Crippen LogP contribution in [0.3, 0.4) is 0 Å². The average molecular weight is 409 g/mol. The molecule has 0 amide bonds. The van der Waals surface area contributed by atoms with E-state index in [2.05, 4.69) is 37.8 Å². The van der Waals surface area contributed by atoms with Crippen LogP contribution in [0, 0.1) is 20.8 Å². The van der Waals surface area contributed by atoms with Gasteiger partial charge in [-0.25, -0.2) is 8.42 Å². The molecule has 0 spiro atoms. The van der Waals surface area contributed by atoms with Crippen LogP contribution in [0.25, 0.3) is 0 Å². The maximum Gasteiger partial charge on any atom is 0.246 e. The Hall–Kier alpha value is -1.76. The Bertz CT molecular complexity index is 929. The van der Waals surface area contributed by atoms with Gasteiger partial charge >= 0.3 is 0 Å². The molecule has 3 rings (SSSR count). The Labute approximate surface area is 166 Å². The van der Waals surface area contributed by atoms with Crippen LogP contribution in [0.4, 0.5) is 5.69 Å². The molecule has 1 saturated heterocycles. The van der Waals surface area contributed by atoms with Crippen molar-refractivity contribution in [2.24, 2.45) is 0 Å². The second kappa shape index (κ2) is 7.70. The Morgan fingerprint density at radius 3 is 2.11 bits per heavy atom. The number of anilines is 1. The lowest BCUT2D eigenvalue weighted by Crippen LogP contribution is -2.49. The van der Waals surface area contributed by atoms with Crippen LogP contribution in [0.5, 0.6) is 5.75 Å². The van der Waals surface area contributed by atoms with E-state index in [4.69, 9.17) is 16.3 Å². The van der Waals surface area contributed by atoms with Crippen LogP contribution in [-0.4, -0.2) is 46.0 Å². The van der Waals surface area contributed by atoms with Crippen molar-refractivity contribution in [2.75, 3.05) is 38.2 Å². The van der Waals surface area contributed by atoms with Crippen molar-refractivity contribution in [1.29, 1.82) is 0 Å². The van der Waals surface area contributed by atoms with Gasteiger partial charge in [-0.05, 0) is 50.1 Å². The van der Waals surface area contributed by atoms with E-state index in [1.807, 2.05) is 0 Å². The number of sulfonamides is 1. The molecule has 146 valence electrons. The highest BCUT2D eigenvalue weighted by Crippen LogP contribution is 2.32. The summed E-state index contributed by atoms with van der Waals surface area (Å²) in [6.45, 7) is 8.44. The standard InChI is InChI=1S/C20H25ClN2O3S/c1-14-11-15(2)20(16(3)12-14)22-7-9-23(10-8-22)27(24,25)19-13-17(21)5-6-18(19)26-4/h5-6,11-13H,7-10H2,1-4H3. The molecule has 1 fully saturated rings. The predicted octanol–water partition coefficient (Wildman–Crippen LogP) is 3.78. The zero-order valence-electron chi connectivity index (χ0n) is 16.1. The van der Waals surface area contributed by atoms with E-state index in [1.165, 1.54) is 39.9 Å². The second-order valence-corrected chi connectivity index (χ2v) is 9.28. The van der Waals surface area contributed by atoms with Crippen molar-refractivity contribution in [1.82, 2.24) is 4.31 Å². The average Bonchev–Trinajstić information content (AvgIpc) is 2.61. The van der Waals surface area contributed by atoms with Crippen LogP contribution in [-0.2, 0) is 10.0 Å². The molecular formula is C20H25ClN2O3S. The van der Waals surface area contributed by atoms with Gasteiger partial charge in [0.1, 0.15) is 10.6 Å². The molecule has 1 aliphatic heterocycles. The number of nitrogens with zero attached hydrogens (tertiary/aromatic N) is 2. The lowest BCUT2D eigenvalue weighted by Gasteiger charge is -2.37. The van der Waals surface area contributed by atoms with Gasteiger partial charge in [0.15, 0.2) is 0 Å². The third kappa shape index (κ3) is 3.93. The van der Waals surface area contributed by atoms with Crippen LogP contribution in [0.2, 0.25) is 5.02 Å². The number of hydrogen-bond donors (Lipinski definition) is 0. The molecule has 27 heavy (non-hydrogen) atoms. The van der Waals surface area contributed by atoms with Gasteiger partial charge in [0.2, 0.25) is 10.0 Å². The summed E-state index contributed by atoms with van der Waals surface area (Å²) in [6.07, 6.45) is 0. The van der Waals surface area contributed by atoms with Gasteiger partial charge < -0.3 is 9.64 Å². The van der Waals surface area contributed by atoms with Crippen molar-refractivity contribution in [3.63, 3.8) is 0 Å². The van der Waals surface area contributed by atoms with Gasteiger partial charge in [-0.15, -0.1) is 0 Å². The Balaban J connectivity index is 1.83. The number of halogens is 1. The van der Waals surface area contributed by atoms with E-state index in [-0.39, 0.29) is 4.90 Å². The summed E-state index contributed by atoms with van der Waals surface area (Å²) < 4.78 is 33.0. The van der Waals surface area contributed by atoms with Crippen LogP contribution < -0.4 is 9.64 Å². The summed E-state index contributed by atoms with van der Waals surface area (Å²) in [5.41, 5.74) is 4.89. The molecule has 0 radical (unpaired) electrons. The zero-order chi connectivity index (χ0) is 19.8. The highest BCUT2D eigenvalue weighted by molar-refractivity contribution is 7.89. The van der Waals surface area contributed by atoms with Crippen LogP contribution in [0.15, 0.2) is 35.2 Å². The number of aryl methyl sites for hydroxylation is 3. The quantitative estimate of drug-likeness (QED) is 0.772. The minimum Gasteiger partial charge on any atom is -0.495 e. The molecule has 7 heteroatoms.